The van der Waals surface area contributed by atoms with E-state index in [-0.39, 0.29) is 5.56 Å². The molecule has 3 rings (SSSR count). The van der Waals surface area contributed by atoms with Crippen molar-refractivity contribution in [1.82, 2.24) is 10.4 Å². The van der Waals surface area contributed by atoms with Crippen molar-refractivity contribution in [3.05, 3.63) is 70.3 Å². The number of hydrazine groups is 1. The maximum Gasteiger partial charge on any atom is 0.272 e. The number of benzene rings is 2. The number of amides is 1. The zero-order chi connectivity index (χ0) is 16.2. The Morgan fingerprint density at radius 3 is 2.61 bits per heavy atom. The van der Waals surface area contributed by atoms with Gasteiger partial charge < -0.3 is 0 Å². The summed E-state index contributed by atoms with van der Waals surface area (Å²) in [7, 11) is 0. The molecule has 2 N–H and O–H groups in total. The lowest BCUT2D eigenvalue weighted by Crippen LogP contribution is -2.29. The number of anilines is 1. The van der Waals surface area contributed by atoms with E-state index in [0.29, 0.717) is 10.2 Å². The van der Waals surface area contributed by atoms with Crippen LogP contribution in [0.4, 0.5) is 9.52 Å². The van der Waals surface area contributed by atoms with E-state index in [4.69, 9.17) is 11.6 Å². The largest absolute Gasteiger partial charge is 0.273 e. The number of hydrogen-bond acceptors (Lipinski definition) is 4. The Morgan fingerprint density at radius 2 is 1.87 bits per heavy atom. The lowest BCUT2D eigenvalue weighted by atomic mass is 10.2. The highest BCUT2D eigenvalue weighted by molar-refractivity contribution is 7.14. The Labute approximate surface area is 140 Å². The van der Waals surface area contributed by atoms with Gasteiger partial charge in [0.25, 0.3) is 5.91 Å². The molecule has 0 aliphatic heterocycles. The number of carbonyl (C=O) groups is 1. The van der Waals surface area contributed by atoms with Crippen LogP contribution in [-0.2, 0) is 0 Å². The molecule has 4 nitrogen and oxygen atoms in total. The van der Waals surface area contributed by atoms with Crippen molar-refractivity contribution >= 4 is 34.0 Å². The molecule has 7 heteroatoms. The average Bonchev–Trinajstić information content (AvgIpc) is 3.03. The van der Waals surface area contributed by atoms with E-state index in [0.717, 1.165) is 11.3 Å². The van der Waals surface area contributed by atoms with E-state index in [1.807, 2.05) is 17.5 Å². The number of hydrogen-bond donors (Lipinski definition) is 2. The van der Waals surface area contributed by atoms with Crippen molar-refractivity contribution in [2.75, 3.05) is 5.43 Å². The van der Waals surface area contributed by atoms with Gasteiger partial charge in [0.2, 0.25) is 5.13 Å². The van der Waals surface area contributed by atoms with Crippen LogP contribution in [0.5, 0.6) is 0 Å². The fourth-order valence-electron chi connectivity index (χ4n) is 1.91. The molecule has 116 valence electrons. The molecule has 0 aliphatic rings. The van der Waals surface area contributed by atoms with Crippen molar-refractivity contribution in [2.45, 2.75) is 0 Å². The molecular formula is C16H11ClFN3OS. The summed E-state index contributed by atoms with van der Waals surface area (Å²) in [6.07, 6.45) is 0. The van der Waals surface area contributed by atoms with E-state index in [1.54, 1.807) is 18.2 Å². The first-order chi connectivity index (χ1) is 11.1. The van der Waals surface area contributed by atoms with Gasteiger partial charge >= 0.3 is 0 Å². The number of halogens is 2. The minimum Gasteiger partial charge on any atom is -0.273 e. The van der Waals surface area contributed by atoms with Gasteiger partial charge in [-0.3, -0.25) is 15.6 Å². The monoisotopic (exact) mass is 347 g/mol. The lowest BCUT2D eigenvalue weighted by Gasteiger charge is -2.06. The fraction of sp³-hybridized carbons (Fsp3) is 0. The highest BCUT2D eigenvalue weighted by atomic mass is 35.5. The second-order valence-corrected chi connectivity index (χ2v) is 5.90. The van der Waals surface area contributed by atoms with E-state index in [1.165, 1.54) is 29.5 Å². The van der Waals surface area contributed by atoms with Crippen LogP contribution >= 0.6 is 22.9 Å². The third-order valence-electron chi connectivity index (χ3n) is 3.05. The van der Waals surface area contributed by atoms with Gasteiger partial charge in [-0.25, -0.2) is 9.37 Å². The maximum absolute atomic E-state index is 13.5. The standard InChI is InChI=1S/C16H11ClFN3OS/c17-11-7-5-10(6-8-11)14-9-23-16(19-14)21-20-15(22)12-3-1-2-4-13(12)18/h1-9H,(H,19,21)(H,20,22). The van der Waals surface area contributed by atoms with Crippen molar-refractivity contribution in [3.63, 3.8) is 0 Å². The average molecular weight is 348 g/mol. The normalized spacial score (nSPS) is 10.3. The smallest absolute Gasteiger partial charge is 0.272 e. The second-order valence-electron chi connectivity index (χ2n) is 4.60. The van der Waals surface area contributed by atoms with Crippen LogP contribution < -0.4 is 10.9 Å². The number of rotatable bonds is 4. The first-order valence-electron chi connectivity index (χ1n) is 6.66. The summed E-state index contributed by atoms with van der Waals surface area (Å²) < 4.78 is 13.5. The van der Waals surface area contributed by atoms with Crippen molar-refractivity contribution in [3.8, 4) is 11.3 Å². The Balaban J connectivity index is 1.67. The number of nitrogens with one attached hydrogen (secondary N) is 2. The summed E-state index contributed by atoms with van der Waals surface area (Å²) in [4.78, 5) is 16.3. The lowest BCUT2D eigenvalue weighted by molar-refractivity contribution is 0.0958. The van der Waals surface area contributed by atoms with Gasteiger partial charge in [-0.2, -0.15) is 0 Å². The predicted octanol–water partition coefficient (Wildman–Crippen LogP) is 4.36. The molecule has 23 heavy (non-hydrogen) atoms. The summed E-state index contributed by atoms with van der Waals surface area (Å²) in [6, 6.07) is 13.0. The SMILES string of the molecule is O=C(NNc1nc(-c2ccc(Cl)cc2)cs1)c1ccccc1F. The second kappa shape index (κ2) is 6.76. The summed E-state index contributed by atoms with van der Waals surface area (Å²) in [6.45, 7) is 0. The van der Waals surface area contributed by atoms with Gasteiger partial charge in [0, 0.05) is 16.0 Å². The van der Waals surface area contributed by atoms with Gasteiger partial charge in [0.1, 0.15) is 5.82 Å². The van der Waals surface area contributed by atoms with Gasteiger partial charge in [-0.15, -0.1) is 11.3 Å². The maximum atomic E-state index is 13.5. The summed E-state index contributed by atoms with van der Waals surface area (Å²) in [5, 5.41) is 3.00. The van der Waals surface area contributed by atoms with Crippen LogP contribution in [0.1, 0.15) is 10.4 Å². The topological polar surface area (TPSA) is 54.0 Å². The first-order valence-corrected chi connectivity index (χ1v) is 7.91. The molecule has 0 radical (unpaired) electrons. The molecule has 0 saturated carbocycles. The van der Waals surface area contributed by atoms with E-state index >= 15 is 0 Å². The van der Waals surface area contributed by atoms with Crippen LogP contribution in [0, 0.1) is 5.82 Å². The molecule has 1 amide bonds. The summed E-state index contributed by atoms with van der Waals surface area (Å²) in [5.74, 6) is -1.14. The molecule has 1 heterocycles. The summed E-state index contributed by atoms with van der Waals surface area (Å²) >= 11 is 7.18. The minimum atomic E-state index is -0.576. The highest BCUT2D eigenvalue weighted by Gasteiger charge is 2.11. The van der Waals surface area contributed by atoms with Crippen molar-refractivity contribution in [2.24, 2.45) is 0 Å². The molecular weight excluding hydrogens is 337 g/mol. The fourth-order valence-corrected chi connectivity index (χ4v) is 2.71. The Kier molecular flexibility index (Phi) is 4.55. The number of carbonyl (C=O) groups excluding carboxylic acids is 1. The third-order valence-corrected chi connectivity index (χ3v) is 4.06. The zero-order valence-corrected chi connectivity index (χ0v) is 13.3. The Morgan fingerprint density at radius 1 is 1.13 bits per heavy atom. The Hall–Kier alpha value is -2.44. The quantitative estimate of drug-likeness (QED) is 0.689. The van der Waals surface area contributed by atoms with Crippen LogP contribution in [0.15, 0.2) is 53.9 Å². The zero-order valence-electron chi connectivity index (χ0n) is 11.7. The molecule has 0 bridgehead atoms. The third kappa shape index (κ3) is 3.67. The summed E-state index contributed by atoms with van der Waals surface area (Å²) in [5.41, 5.74) is 6.76. The molecule has 0 spiro atoms. The predicted molar refractivity (Wildman–Crippen MR) is 90.0 cm³/mol. The molecule has 0 unspecified atom stereocenters. The molecule has 0 aliphatic carbocycles. The highest BCUT2D eigenvalue weighted by Crippen LogP contribution is 2.25. The molecule has 1 aromatic heterocycles. The van der Waals surface area contributed by atoms with E-state index in [2.05, 4.69) is 15.8 Å². The number of nitrogens with zero attached hydrogens (tertiary/aromatic N) is 1. The van der Waals surface area contributed by atoms with Gasteiger partial charge in [0.15, 0.2) is 0 Å². The van der Waals surface area contributed by atoms with Gasteiger partial charge in [-0.1, -0.05) is 35.9 Å². The van der Waals surface area contributed by atoms with E-state index < -0.39 is 11.7 Å². The first kappa shape index (κ1) is 15.5. The number of aromatic nitrogens is 1. The van der Waals surface area contributed by atoms with Crippen LogP contribution in [0.2, 0.25) is 5.02 Å². The van der Waals surface area contributed by atoms with Crippen LogP contribution in [0.25, 0.3) is 11.3 Å². The van der Waals surface area contributed by atoms with Gasteiger partial charge in [0.05, 0.1) is 11.3 Å². The minimum absolute atomic E-state index is 0.0329. The van der Waals surface area contributed by atoms with Crippen LogP contribution in [-0.4, -0.2) is 10.9 Å². The Bertz CT molecular complexity index is 835. The van der Waals surface area contributed by atoms with Crippen molar-refractivity contribution in [1.29, 1.82) is 0 Å². The van der Waals surface area contributed by atoms with Gasteiger partial charge in [-0.05, 0) is 24.3 Å². The molecule has 0 atom stereocenters. The van der Waals surface area contributed by atoms with E-state index in [9.17, 15) is 9.18 Å². The molecule has 3 aromatic rings. The molecule has 0 fully saturated rings. The van der Waals surface area contributed by atoms with Crippen LogP contribution in [0.3, 0.4) is 0 Å². The van der Waals surface area contributed by atoms with Crippen molar-refractivity contribution < 1.29 is 9.18 Å². The molecule has 2 aromatic carbocycles. The number of thiazole rings is 1. The molecule has 0 saturated heterocycles.